The van der Waals surface area contributed by atoms with Crippen LogP contribution in [-0.4, -0.2) is 16.1 Å². The molecule has 0 saturated heterocycles. The zero-order chi connectivity index (χ0) is 12.1. The minimum atomic E-state index is 0.783. The van der Waals surface area contributed by atoms with Gasteiger partial charge in [-0.1, -0.05) is 6.92 Å². The van der Waals surface area contributed by atoms with Gasteiger partial charge in [0.2, 0.25) is 0 Å². The molecular weight excluding hydrogens is 214 g/mol. The lowest BCUT2D eigenvalue weighted by Gasteiger charge is -2.05. The van der Waals surface area contributed by atoms with Crippen molar-refractivity contribution >= 4 is 0 Å². The van der Waals surface area contributed by atoms with Gasteiger partial charge in [0.05, 0.1) is 12.8 Å². The standard InChI is InChI=1S/C13H19N3O/c1-3-14-10-12-11(5-8-17-12)9-13-15-6-7-16(13)4-2/h5-8,14H,3-4,9-10H2,1-2H3. The van der Waals surface area contributed by atoms with Crippen LogP contribution in [0.5, 0.6) is 0 Å². The normalized spacial score (nSPS) is 10.9. The maximum absolute atomic E-state index is 5.49. The third-order valence-electron chi connectivity index (χ3n) is 2.86. The van der Waals surface area contributed by atoms with Crippen molar-refractivity contribution in [1.29, 1.82) is 0 Å². The lowest BCUT2D eigenvalue weighted by molar-refractivity contribution is 0.483. The predicted octanol–water partition coefficient (Wildman–Crippen LogP) is 2.20. The molecule has 0 aliphatic rings. The quantitative estimate of drug-likeness (QED) is 0.831. The largest absolute Gasteiger partial charge is 0.468 e. The molecule has 4 heteroatoms. The van der Waals surface area contributed by atoms with Gasteiger partial charge in [0, 0.05) is 30.9 Å². The Hall–Kier alpha value is -1.55. The molecule has 0 aliphatic carbocycles. The molecule has 0 aliphatic heterocycles. The number of hydrogen-bond donors (Lipinski definition) is 1. The van der Waals surface area contributed by atoms with Gasteiger partial charge in [-0.25, -0.2) is 4.98 Å². The lowest BCUT2D eigenvalue weighted by atomic mass is 10.1. The Morgan fingerprint density at radius 3 is 3.06 bits per heavy atom. The first-order valence-electron chi connectivity index (χ1n) is 6.11. The highest BCUT2D eigenvalue weighted by Gasteiger charge is 2.09. The Kier molecular flexibility index (Phi) is 3.98. The first kappa shape index (κ1) is 11.9. The van der Waals surface area contributed by atoms with Crippen molar-refractivity contribution < 1.29 is 4.42 Å². The molecule has 92 valence electrons. The Morgan fingerprint density at radius 1 is 1.41 bits per heavy atom. The van der Waals surface area contributed by atoms with E-state index in [1.807, 2.05) is 18.5 Å². The smallest absolute Gasteiger partial charge is 0.121 e. The summed E-state index contributed by atoms with van der Waals surface area (Å²) in [7, 11) is 0. The van der Waals surface area contributed by atoms with Crippen LogP contribution in [0.25, 0.3) is 0 Å². The molecule has 0 aromatic carbocycles. The molecule has 0 saturated carbocycles. The van der Waals surface area contributed by atoms with Crippen LogP contribution in [-0.2, 0) is 19.5 Å². The number of imidazole rings is 1. The number of hydrogen-bond acceptors (Lipinski definition) is 3. The summed E-state index contributed by atoms with van der Waals surface area (Å²) in [6, 6.07) is 2.03. The van der Waals surface area contributed by atoms with Gasteiger partial charge in [0.15, 0.2) is 0 Å². The van der Waals surface area contributed by atoms with Crippen LogP contribution in [0.4, 0.5) is 0 Å². The summed E-state index contributed by atoms with van der Waals surface area (Å²) in [5.41, 5.74) is 1.21. The molecule has 0 unspecified atom stereocenters. The highest BCUT2D eigenvalue weighted by molar-refractivity contribution is 5.21. The molecule has 2 aromatic rings. The first-order valence-corrected chi connectivity index (χ1v) is 6.11. The maximum Gasteiger partial charge on any atom is 0.121 e. The van der Waals surface area contributed by atoms with Crippen molar-refractivity contribution in [2.24, 2.45) is 0 Å². The molecule has 0 atom stereocenters. The summed E-state index contributed by atoms with van der Waals surface area (Å²) in [6.07, 6.45) is 6.45. The SMILES string of the molecule is CCNCc1occc1Cc1nccn1CC. The maximum atomic E-state index is 5.49. The van der Waals surface area contributed by atoms with Crippen LogP contribution in [0.1, 0.15) is 31.0 Å². The van der Waals surface area contributed by atoms with Crippen molar-refractivity contribution in [2.45, 2.75) is 33.4 Å². The van der Waals surface area contributed by atoms with Gasteiger partial charge in [0.25, 0.3) is 0 Å². The Balaban J connectivity index is 2.10. The highest BCUT2D eigenvalue weighted by Crippen LogP contribution is 2.15. The van der Waals surface area contributed by atoms with Gasteiger partial charge in [-0.05, 0) is 19.5 Å². The second-order valence-electron chi connectivity index (χ2n) is 3.96. The Morgan fingerprint density at radius 2 is 2.29 bits per heavy atom. The van der Waals surface area contributed by atoms with Crippen molar-refractivity contribution in [2.75, 3.05) is 6.54 Å². The molecule has 1 N–H and O–H groups in total. The van der Waals surface area contributed by atoms with Crippen molar-refractivity contribution in [1.82, 2.24) is 14.9 Å². The van der Waals surface area contributed by atoms with Gasteiger partial charge < -0.3 is 14.3 Å². The summed E-state index contributed by atoms with van der Waals surface area (Å²) in [5, 5.41) is 3.28. The summed E-state index contributed by atoms with van der Waals surface area (Å²) in [5.74, 6) is 2.10. The number of aromatic nitrogens is 2. The van der Waals surface area contributed by atoms with E-state index in [1.165, 1.54) is 5.56 Å². The van der Waals surface area contributed by atoms with Crippen LogP contribution in [0.15, 0.2) is 29.1 Å². The number of nitrogens with one attached hydrogen (secondary N) is 1. The molecule has 0 bridgehead atoms. The lowest BCUT2D eigenvalue weighted by Crippen LogP contribution is -2.12. The fourth-order valence-corrected chi connectivity index (χ4v) is 1.88. The van der Waals surface area contributed by atoms with Crippen LogP contribution >= 0.6 is 0 Å². The molecule has 2 aromatic heterocycles. The first-order chi connectivity index (χ1) is 8.35. The van der Waals surface area contributed by atoms with Gasteiger partial charge in [0.1, 0.15) is 11.6 Å². The van der Waals surface area contributed by atoms with E-state index in [1.54, 1.807) is 6.26 Å². The van der Waals surface area contributed by atoms with Crippen molar-refractivity contribution in [3.05, 3.63) is 41.9 Å². The molecule has 17 heavy (non-hydrogen) atoms. The molecular formula is C13H19N3O. The molecule has 0 spiro atoms. The molecule has 4 nitrogen and oxygen atoms in total. The third-order valence-corrected chi connectivity index (χ3v) is 2.86. The Labute approximate surface area is 102 Å². The van der Waals surface area contributed by atoms with Crippen molar-refractivity contribution in [3.8, 4) is 0 Å². The molecule has 0 fully saturated rings. The third kappa shape index (κ3) is 2.77. The van der Waals surface area contributed by atoms with E-state index in [0.29, 0.717) is 0 Å². The van der Waals surface area contributed by atoms with Gasteiger partial charge in [-0.15, -0.1) is 0 Å². The average molecular weight is 233 g/mol. The second kappa shape index (κ2) is 5.68. The van der Waals surface area contributed by atoms with Crippen LogP contribution in [0.3, 0.4) is 0 Å². The van der Waals surface area contributed by atoms with E-state index in [2.05, 4.69) is 28.7 Å². The van der Waals surface area contributed by atoms with Gasteiger partial charge in [-0.2, -0.15) is 0 Å². The van der Waals surface area contributed by atoms with Crippen LogP contribution in [0, 0.1) is 0 Å². The summed E-state index contributed by atoms with van der Waals surface area (Å²) in [6.45, 7) is 6.90. The molecule has 2 heterocycles. The molecule has 0 radical (unpaired) electrons. The van der Waals surface area contributed by atoms with E-state index >= 15 is 0 Å². The number of aryl methyl sites for hydroxylation is 1. The van der Waals surface area contributed by atoms with E-state index in [9.17, 15) is 0 Å². The fraction of sp³-hybridized carbons (Fsp3) is 0.462. The number of furan rings is 1. The van der Waals surface area contributed by atoms with E-state index in [-0.39, 0.29) is 0 Å². The number of rotatable bonds is 6. The van der Waals surface area contributed by atoms with E-state index in [0.717, 1.165) is 37.6 Å². The average Bonchev–Trinajstić information content (AvgIpc) is 2.96. The molecule has 2 rings (SSSR count). The summed E-state index contributed by atoms with van der Waals surface area (Å²) >= 11 is 0. The van der Waals surface area contributed by atoms with E-state index in [4.69, 9.17) is 4.42 Å². The minimum absolute atomic E-state index is 0.783. The second-order valence-corrected chi connectivity index (χ2v) is 3.96. The topological polar surface area (TPSA) is 43.0 Å². The zero-order valence-corrected chi connectivity index (χ0v) is 10.4. The Bertz CT molecular complexity index is 459. The minimum Gasteiger partial charge on any atom is -0.468 e. The fourth-order valence-electron chi connectivity index (χ4n) is 1.88. The van der Waals surface area contributed by atoms with E-state index < -0.39 is 0 Å². The zero-order valence-electron chi connectivity index (χ0n) is 10.4. The van der Waals surface area contributed by atoms with Gasteiger partial charge in [-0.3, -0.25) is 0 Å². The summed E-state index contributed by atoms with van der Waals surface area (Å²) in [4.78, 5) is 4.38. The monoisotopic (exact) mass is 233 g/mol. The summed E-state index contributed by atoms with van der Waals surface area (Å²) < 4.78 is 7.65. The van der Waals surface area contributed by atoms with Crippen molar-refractivity contribution in [3.63, 3.8) is 0 Å². The van der Waals surface area contributed by atoms with Gasteiger partial charge >= 0.3 is 0 Å². The highest BCUT2D eigenvalue weighted by atomic mass is 16.3. The molecule has 0 amide bonds. The van der Waals surface area contributed by atoms with Crippen LogP contribution in [0.2, 0.25) is 0 Å². The number of nitrogens with zero attached hydrogens (tertiary/aromatic N) is 2. The van der Waals surface area contributed by atoms with Crippen LogP contribution < -0.4 is 5.32 Å². The predicted molar refractivity (Wildman–Crippen MR) is 66.8 cm³/mol.